The van der Waals surface area contributed by atoms with Gasteiger partial charge < -0.3 is 5.11 Å². The van der Waals surface area contributed by atoms with Crippen LogP contribution in [0.5, 0.6) is 0 Å². The Morgan fingerprint density at radius 1 is 1.33 bits per heavy atom. The summed E-state index contributed by atoms with van der Waals surface area (Å²) >= 11 is 0. The van der Waals surface area contributed by atoms with Gasteiger partial charge in [-0.25, -0.2) is 12.8 Å². The number of aliphatic hydroxyl groups is 1. The maximum absolute atomic E-state index is 13.6. The Hall–Kier alpha value is -0.940. The highest BCUT2D eigenvalue weighted by atomic mass is 32.2. The monoisotopic (exact) mass is 272 g/mol. The van der Waals surface area contributed by atoms with E-state index in [1.807, 2.05) is 13.8 Å². The first-order chi connectivity index (χ1) is 8.27. The van der Waals surface area contributed by atoms with Gasteiger partial charge >= 0.3 is 0 Å². The number of aliphatic hydroxyl groups excluding tert-OH is 1. The fourth-order valence-corrected chi connectivity index (χ4v) is 4.56. The molecule has 0 radical (unpaired) electrons. The minimum Gasteiger partial charge on any atom is -0.391 e. The van der Waals surface area contributed by atoms with Gasteiger partial charge in [0, 0.05) is 0 Å². The van der Waals surface area contributed by atoms with E-state index >= 15 is 0 Å². The summed E-state index contributed by atoms with van der Waals surface area (Å²) in [7, 11) is -3.81. The van der Waals surface area contributed by atoms with Crippen LogP contribution in [0.3, 0.4) is 0 Å². The van der Waals surface area contributed by atoms with Crippen molar-refractivity contribution in [2.75, 3.05) is 0 Å². The fourth-order valence-electron chi connectivity index (χ4n) is 2.49. The minimum atomic E-state index is -3.81. The molecule has 1 aromatic rings. The highest BCUT2D eigenvalue weighted by molar-refractivity contribution is 7.92. The average molecular weight is 272 g/mol. The van der Waals surface area contributed by atoms with Gasteiger partial charge in [0.1, 0.15) is 10.7 Å². The van der Waals surface area contributed by atoms with Crippen molar-refractivity contribution in [2.24, 2.45) is 5.41 Å². The van der Waals surface area contributed by atoms with E-state index in [-0.39, 0.29) is 4.90 Å². The molecule has 2 rings (SSSR count). The molecule has 0 spiro atoms. The lowest BCUT2D eigenvalue weighted by atomic mass is 9.89. The van der Waals surface area contributed by atoms with Gasteiger partial charge in [0.25, 0.3) is 0 Å². The molecule has 100 valence electrons. The predicted molar refractivity (Wildman–Crippen MR) is 66.4 cm³/mol. The Balaban J connectivity index is 2.43. The third-order valence-corrected chi connectivity index (χ3v) is 6.00. The molecule has 3 nitrogen and oxygen atoms in total. The lowest BCUT2D eigenvalue weighted by Crippen LogP contribution is -2.36. The molecule has 0 amide bonds. The topological polar surface area (TPSA) is 54.4 Å². The zero-order valence-corrected chi connectivity index (χ0v) is 11.2. The summed E-state index contributed by atoms with van der Waals surface area (Å²) in [5.74, 6) is -0.755. The first-order valence-electron chi connectivity index (χ1n) is 5.93. The van der Waals surface area contributed by atoms with E-state index in [9.17, 15) is 17.9 Å². The van der Waals surface area contributed by atoms with Crippen molar-refractivity contribution in [1.29, 1.82) is 0 Å². The molecule has 1 aliphatic carbocycles. The molecule has 0 bridgehead atoms. The molecule has 0 saturated heterocycles. The van der Waals surface area contributed by atoms with Crippen molar-refractivity contribution in [3.63, 3.8) is 0 Å². The second-order valence-corrected chi connectivity index (χ2v) is 7.62. The van der Waals surface area contributed by atoms with Gasteiger partial charge in [-0.1, -0.05) is 26.0 Å². The van der Waals surface area contributed by atoms with Crippen molar-refractivity contribution in [2.45, 2.75) is 42.9 Å². The summed E-state index contributed by atoms with van der Waals surface area (Å²) < 4.78 is 38.3. The molecular weight excluding hydrogens is 255 g/mol. The molecule has 1 saturated carbocycles. The largest absolute Gasteiger partial charge is 0.391 e. The van der Waals surface area contributed by atoms with Gasteiger partial charge in [0.05, 0.1) is 11.4 Å². The summed E-state index contributed by atoms with van der Waals surface area (Å²) in [6.07, 6.45) is 0.0271. The second kappa shape index (κ2) is 4.31. The maximum atomic E-state index is 13.6. The van der Waals surface area contributed by atoms with Crippen LogP contribution in [-0.4, -0.2) is 24.9 Å². The van der Waals surface area contributed by atoms with Crippen molar-refractivity contribution in [3.8, 4) is 0 Å². The van der Waals surface area contributed by atoms with Gasteiger partial charge in [-0.3, -0.25) is 0 Å². The molecule has 0 heterocycles. The zero-order chi connectivity index (χ0) is 13.6. The van der Waals surface area contributed by atoms with Gasteiger partial charge in [-0.15, -0.1) is 0 Å². The van der Waals surface area contributed by atoms with E-state index in [2.05, 4.69) is 0 Å². The van der Waals surface area contributed by atoms with Crippen LogP contribution in [0.1, 0.15) is 26.7 Å². The van der Waals surface area contributed by atoms with E-state index in [1.165, 1.54) is 18.2 Å². The minimum absolute atomic E-state index is 0.313. The van der Waals surface area contributed by atoms with E-state index in [0.29, 0.717) is 12.8 Å². The number of hydrogen-bond acceptors (Lipinski definition) is 3. The van der Waals surface area contributed by atoms with Crippen LogP contribution in [0.4, 0.5) is 4.39 Å². The van der Waals surface area contributed by atoms with E-state index < -0.39 is 32.4 Å². The lowest BCUT2D eigenvalue weighted by molar-refractivity contribution is 0.0816. The molecule has 0 aromatic heterocycles. The molecule has 0 aliphatic heterocycles. The molecule has 1 N–H and O–H groups in total. The molecule has 18 heavy (non-hydrogen) atoms. The lowest BCUT2D eigenvalue weighted by Gasteiger charge is -2.25. The van der Waals surface area contributed by atoms with Crippen molar-refractivity contribution >= 4 is 9.84 Å². The first kappa shape index (κ1) is 13.5. The second-order valence-electron chi connectivity index (χ2n) is 5.49. The van der Waals surface area contributed by atoms with E-state index in [0.717, 1.165) is 6.07 Å². The van der Waals surface area contributed by atoms with Crippen LogP contribution in [-0.2, 0) is 9.84 Å². The van der Waals surface area contributed by atoms with Crippen LogP contribution in [0.15, 0.2) is 29.2 Å². The van der Waals surface area contributed by atoms with Crippen LogP contribution >= 0.6 is 0 Å². The van der Waals surface area contributed by atoms with Crippen LogP contribution < -0.4 is 0 Å². The molecule has 2 atom stereocenters. The van der Waals surface area contributed by atoms with Gasteiger partial charge in [-0.05, 0) is 30.4 Å². The standard InChI is InChI=1S/C13H17FO3S/c1-13(2)8-7-11(12(13)15)18(16,17)10-6-4-3-5-9(10)14/h3-6,11-12,15H,7-8H2,1-2H3. The van der Waals surface area contributed by atoms with Crippen molar-refractivity contribution in [3.05, 3.63) is 30.1 Å². The Labute approximate surface area is 107 Å². The Morgan fingerprint density at radius 2 is 1.94 bits per heavy atom. The Morgan fingerprint density at radius 3 is 2.44 bits per heavy atom. The Kier molecular flexibility index (Phi) is 3.23. The number of rotatable bonds is 2. The van der Waals surface area contributed by atoms with Gasteiger partial charge in [-0.2, -0.15) is 0 Å². The normalized spacial score (nSPS) is 27.3. The van der Waals surface area contributed by atoms with E-state index in [1.54, 1.807) is 0 Å². The van der Waals surface area contributed by atoms with E-state index in [4.69, 9.17) is 0 Å². The zero-order valence-electron chi connectivity index (χ0n) is 10.4. The first-order valence-corrected chi connectivity index (χ1v) is 7.48. The van der Waals surface area contributed by atoms with Crippen LogP contribution in [0.2, 0.25) is 0 Å². The third kappa shape index (κ3) is 2.06. The summed E-state index contributed by atoms with van der Waals surface area (Å²) in [4.78, 5) is -0.313. The molecule has 1 fully saturated rings. The SMILES string of the molecule is CC1(C)CCC(S(=O)(=O)c2ccccc2F)C1O. The third-order valence-electron chi connectivity index (χ3n) is 3.77. The summed E-state index contributed by atoms with van der Waals surface area (Å²) in [6.45, 7) is 3.66. The molecular formula is C13H17FO3S. The fraction of sp³-hybridized carbons (Fsp3) is 0.538. The number of halogens is 1. The van der Waals surface area contributed by atoms with Crippen LogP contribution in [0, 0.1) is 11.2 Å². The average Bonchev–Trinajstić information content (AvgIpc) is 2.55. The summed E-state index contributed by atoms with van der Waals surface area (Å²) in [5, 5.41) is 9.19. The summed E-state index contributed by atoms with van der Waals surface area (Å²) in [5.41, 5.74) is -0.441. The van der Waals surface area contributed by atoms with Gasteiger partial charge in [0.15, 0.2) is 9.84 Å². The van der Waals surface area contributed by atoms with Gasteiger partial charge in [0.2, 0.25) is 0 Å². The molecule has 1 aliphatic rings. The molecule has 1 aromatic carbocycles. The highest BCUT2D eigenvalue weighted by Crippen LogP contribution is 2.42. The van der Waals surface area contributed by atoms with Crippen molar-refractivity contribution < 1.29 is 17.9 Å². The predicted octanol–water partition coefficient (Wildman–Crippen LogP) is 2.15. The van der Waals surface area contributed by atoms with Crippen molar-refractivity contribution in [1.82, 2.24) is 0 Å². The number of hydrogen-bond donors (Lipinski definition) is 1. The summed E-state index contributed by atoms with van der Waals surface area (Å²) in [6, 6.07) is 5.31. The number of benzene rings is 1. The van der Waals surface area contributed by atoms with Crippen LogP contribution in [0.25, 0.3) is 0 Å². The Bertz CT molecular complexity index is 551. The highest BCUT2D eigenvalue weighted by Gasteiger charge is 2.48. The molecule has 2 unspecified atom stereocenters. The quantitative estimate of drug-likeness (QED) is 0.897. The maximum Gasteiger partial charge on any atom is 0.186 e. The number of sulfone groups is 1. The smallest absolute Gasteiger partial charge is 0.186 e. The molecule has 5 heteroatoms.